The van der Waals surface area contributed by atoms with Gasteiger partial charge in [-0.25, -0.2) is 0 Å². The van der Waals surface area contributed by atoms with Crippen molar-refractivity contribution in [2.24, 2.45) is 5.92 Å². The molecule has 96 valence electrons. The summed E-state index contributed by atoms with van der Waals surface area (Å²) in [6.45, 7) is 4.54. The normalized spacial score (nSPS) is 14.6. The molecule has 1 N–H and O–H groups in total. The minimum Gasteiger partial charge on any atom is -0.312 e. The molecule has 1 heterocycles. The Bertz CT molecular complexity index is 355. The van der Waals surface area contributed by atoms with Crippen molar-refractivity contribution in [3.63, 3.8) is 0 Å². The van der Waals surface area contributed by atoms with Crippen LogP contribution in [0, 0.1) is 5.92 Å². The molecule has 17 heavy (non-hydrogen) atoms. The zero-order valence-corrected chi connectivity index (χ0v) is 13.8. The number of rotatable bonds is 6. The molecular formula is C13H20Br2N2. The molecule has 0 aliphatic carbocycles. The van der Waals surface area contributed by atoms with Crippen LogP contribution in [0.2, 0.25) is 0 Å². The third-order valence-electron chi connectivity index (χ3n) is 2.93. The van der Waals surface area contributed by atoms with E-state index in [1.807, 2.05) is 13.2 Å². The van der Waals surface area contributed by atoms with Crippen molar-refractivity contribution in [2.75, 3.05) is 7.05 Å². The van der Waals surface area contributed by atoms with Gasteiger partial charge in [-0.05, 0) is 57.3 Å². The summed E-state index contributed by atoms with van der Waals surface area (Å²) >= 11 is 7.02. The van der Waals surface area contributed by atoms with Gasteiger partial charge in [0.15, 0.2) is 0 Å². The zero-order chi connectivity index (χ0) is 12.8. The Balaban J connectivity index is 2.79. The molecule has 0 aliphatic heterocycles. The summed E-state index contributed by atoms with van der Waals surface area (Å²) in [7, 11) is 2.00. The standard InChI is InChI=1S/C13H20Br2N2/c1-4-5-9(2)6-12(16-3)13-11(15)7-10(14)8-17-13/h7-9,12,16H,4-6H2,1-3H3. The van der Waals surface area contributed by atoms with E-state index in [9.17, 15) is 0 Å². The maximum absolute atomic E-state index is 4.51. The summed E-state index contributed by atoms with van der Waals surface area (Å²) in [5, 5.41) is 3.36. The van der Waals surface area contributed by atoms with Crippen molar-refractivity contribution in [1.29, 1.82) is 0 Å². The molecule has 4 heteroatoms. The van der Waals surface area contributed by atoms with Crippen LogP contribution in [-0.4, -0.2) is 12.0 Å². The second-order valence-corrected chi connectivity index (χ2v) is 6.26. The molecule has 1 aromatic rings. The van der Waals surface area contributed by atoms with E-state index < -0.39 is 0 Å². The summed E-state index contributed by atoms with van der Waals surface area (Å²) in [4.78, 5) is 4.51. The molecule has 0 radical (unpaired) electrons. The largest absolute Gasteiger partial charge is 0.312 e. The van der Waals surface area contributed by atoms with Gasteiger partial charge in [0, 0.05) is 15.1 Å². The molecule has 1 aromatic heterocycles. The van der Waals surface area contributed by atoms with Crippen molar-refractivity contribution in [3.8, 4) is 0 Å². The second-order valence-electron chi connectivity index (χ2n) is 4.49. The first-order chi connectivity index (χ1) is 8.08. The average molecular weight is 364 g/mol. The van der Waals surface area contributed by atoms with Gasteiger partial charge in [0.05, 0.1) is 11.7 Å². The maximum atomic E-state index is 4.51. The zero-order valence-electron chi connectivity index (χ0n) is 10.6. The van der Waals surface area contributed by atoms with Gasteiger partial charge in [-0.2, -0.15) is 0 Å². The van der Waals surface area contributed by atoms with E-state index in [0.717, 1.165) is 27.0 Å². The number of nitrogens with one attached hydrogen (secondary N) is 1. The lowest BCUT2D eigenvalue weighted by Crippen LogP contribution is -2.20. The summed E-state index contributed by atoms with van der Waals surface area (Å²) in [6.07, 6.45) is 5.49. The first-order valence-corrected chi connectivity index (χ1v) is 7.65. The number of aromatic nitrogens is 1. The number of hydrogen-bond acceptors (Lipinski definition) is 2. The first kappa shape index (κ1) is 15.1. The molecular weight excluding hydrogens is 344 g/mol. The highest BCUT2D eigenvalue weighted by Gasteiger charge is 2.17. The van der Waals surface area contributed by atoms with Gasteiger partial charge >= 0.3 is 0 Å². The van der Waals surface area contributed by atoms with Crippen LogP contribution in [0.15, 0.2) is 21.2 Å². The van der Waals surface area contributed by atoms with Gasteiger partial charge in [0.25, 0.3) is 0 Å². The van der Waals surface area contributed by atoms with Crippen LogP contribution in [0.25, 0.3) is 0 Å². The molecule has 0 amide bonds. The number of halogens is 2. The predicted molar refractivity (Wildman–Crippen MR) is 80.1 cm³/mol. The van der Waals surface area contributed by atoms with Gasteiger partial charge in [-0.1, -0.05) is 26.7 Å². The highest BCUT2D eigenvalue weighted by molar-refractivity contribution is 9.11. The van der Waals surface area contributed by atoms with Crippen molar-refractivity contribution in [3.05, 3.63) is 26.9 Å². The lowest BCUT2D eigenvalue weighted by atomic mass is 9.95. The lowest BCUT2D eigenvalue weighted by molar-refractivity contribution is 0.400. The summed E-state index contributed by atoms with van der Waals surface area (Å²) in [6, 6.07) is 2.37. The molecule has 0 saturated heterocycles. The number of pyridine rings is 1. The van der Waals surface area contributed by atoms with Crippen LogP contribution >= 0.6 is 31.9 Å². The topological polar surface area (TPSA) is 24.9 Å². The van der Waals surface area contributed by atoms with Gasteiger partial charge in [-0.15, -0.1) is 0 Å². The highest BCUT2D eigenvalue weighted by atomic mass is 79.9. The van der Waals surface area contributed by atoms with E-state index >= 15 is 0 Å². The fourth-order valence-corrected chi connectivity index (χ4v) is 3.32. The third kappa shape index (κ3) is 4.68. The van der Waals surface area contributed by atoms with Gasteiger partial charge in [0.2, 0.25) is 0 Å². The average Bonchev–Trinajstić information content (AvgIpc) is 2.27. The van der Waals surface area contributed by atoms with Crippen LogP contribution in [0.3, 0.4) is 0 Å². The number of hydrogen-bond donors (Lipinski definition) is 1. The van der Waals surface area contributed by atoms with Gasteiger partial charge in [-0.3, -0.25) is 4.98 Å². The SMILES string of the molecule is CCCC(C)CC(NC)c1ncc(Br)cc1Br. The predicted octanol–water partition coefficient (Wildman–Crippen LogP) is 4.69. The van der Waals surface area contributed by atoms with E-state index in [0.29, 0.717) is 6.04 Å². The lowest BCUT2D eigenvalue weighted by Gasteiger charge is -2.21. The van der Waals surface area contributed by atoms with E-state index in [1.54, 1.807) is 0 Å². The summed E-state index contributed by atoms with van der Waals surface area (Å²) < 4.78 is 2.07. The van der Waals surface area contributed by atoms with Crippen molar-refractivity contribution in [2.45, 2.75) is 39.2 Å². The van der Waals surface area contributed by atoms with Crippen molar-refractivity contribution < 1.29 is 0 Å². The van der Waals surface area contributed by atoms with Crippen molar-refractivity contribution in [1.82, 2.24) is 10.3 Å². The highest BCUT2D eigenvalue weighted by Crippen LogP contribution is 2.29. The Hall–Kier alpha value is 0.0700. The fraction of sp³-hybridized carbons (Fsp3) is 0.615. The monoisotopic (exact) mass is 362 g/mol. The van der Waals surface area contributed by atoms with Crippen LogP contribution < -0.4 is 5.32 Å². The first-order valence-electron chi connectivity index (χ1n) is 6.06. The summed E-state index contributed by atoms with van der Waals surface area (Å²) in [5.41, 5.74) is 1.10. The molecule has 2 nitrogen and oxygen atoms in total. The molecule has 2 atom stereocenters. The van der Waals surface area contributed by atoms with Crippen LogP contribution in [-0.2, 0) is 0 Å². The van der Waals surface area contributed by atoms with E-state index in [-0.39, 0.29) is 0 Å². The van der Waals surface area contributed by atoms with Gasteiger partial charge in [0.1, 0.15) is 0 Å². The van der Waals surface area contributed by atoms with Crippen LogP contribution in [0.1, 0.15) is 44.8 Å². The maximum Gasteiger partial charge on any atom is 0.0715 e. The van der Waals surface area contributed by atoms with Crippen molar-refractivity contribution >= 4 is 31.9 Å². The molecule has 0 bridgehead atoms. The minimum absolute atomic E-state index is 0.319. The summed E-state index contributed by atoms with van der Waals surface area (Å²) in [5.74, 6) is 0.717. The molecule has 0 aliphatic rings. The van der Waals surface area contributed by atoms with E-state index in [4.69, 9.17) is 0 Å². The molecule has 2 unspecified atom stereocenters. The molecule has 0 fully saturated rings. The Morgan fingerprint density at radius 2 is 2.12 bits per heavy atom. The second kappa shape index (κ2) is 7.49. The molecule has 1 rings (SSSR count). The Kier molecular flexibility index (Phi) is 6.67. The van der Waals surface area contributed by atoms with Gasteiger partial charge < -0.3 is 5.32 Å². The Morgan fingerprint density at radius 3 is 2.65 bits per heavy atom. The Labute approximate surface area is 121 Å². The quantitative estimate of drug-likeness (QED) is 0.792. The molecule has 0 aromatic carbocycles. The Morgan fingerprint density at radius 1 is 1.41 bits per heavy atom. The number of nitrogens with zero attached hydrogens (tertiary/aromatic N) is 1. The van der Waals surface area contributed by atoms with E-state index in [1.165, 1.54) is 12.8 Å². The minimum atomic E-state index is 0.319. The van der Waals surface area contributed by atoms with Crippen LogP contribution in [0.5, 0.6) is 0 Å². The molecule has 0 saturated carbocycles. The molecule has 0 spiro atoms. The van der Waals surface area contributed by atoms with E-state index in [2.05, 4.69) is 62.1 Å². The third-order valence-corrected chi connectivity index (χ3v) is 4.00. The fourth-order valence-electron chi connectivity index (χ4n) is 2.06. The van der Waals surface area contributed by atoms with Crippen LogP contribution in [0.4, 0.5) is 0 Å². The smallest absolute Gasteiger partial charge is 0.0715 e.